The SMILES string of the molecule is CCN(CC(=O)O)C1CC(NC(=O)C(C)Oc2ccc(-c3ccccc3)cc2)C1. The van der Waals surface area contributed by atoms with Crippen molar-refractivity contribution in [3.05, 3.63) is 54.6 Å². The summed E-state index contributed by atoms with van der Waals surface area (Å²) in [4.78, 5) is 25.3. The number of likely N-dealkylation sites (N-methyl/N-ethyl adjacent to an activating group) is 1. The number of carbonyl (C=O) groups is 2. The van der Waals surface area contributed by atoms with Crippen molar-refractivity contribution in [2.75, 3.05) is 13.1 Å². The van der Waals surface area contributed by atoms with Crippen LogP contribution in [0.2, 0.25) is 0 Å². The molecule has 29 heavy (non-hydrogen) atoms. The number of amides is 1. The van der Waals surface area contributed by atoms with Gasteiger partial charge in [0.05, 0.1) is 6.54 Å². The fraction of sp³-hybridized carbons (Fsp3) is 0.391. The second-order valence-electron chi connectivity index (χ2n) is 7.44. The van der Waals surface area contributed by atoms with Crippen LogP contribution >= 0.6 is 0 Å². The van der Waals surface area contributed by atoms with E-state index in [2.05, 4.69) is 5.32 Å². The van der Waals surface area contributed by atoms with Crippen molar-refractivity contribution in [3.63, 3.8) is 0 Å². The van der Waals surface area contributed by atoms with Gasteiger partial charge in [-0.1, -0.05) is 49.4 Å². The molecule has 1 unspecified atom stereocenters. The standard InChI is InChI=1S/C23H28N2O4/c1-3-25(15-22(26)27)20-13-19(14-20)24-23(28)16(2)29-21-11-9-18(10-12-21)17-7-5-4-6-8-17/h4-12,16,19-20H,3,13-15H2,1-2H3,(H,24,28)(H,26,27). The molecule has 0 radical (unpaired) electrons. The van der Waals surface area contributed by atoms with Crippen LogP contribution in [0.4, 0.5) is 0 Å². The number of carbonyl (C=O) groups excluding carboxylic acids is 1. The number of rotatable bonds is 9. The highest BCUT2D eigenvalue weighted by molar-refractivity contribution is 5.81. The van der Waals surface area contributed by atoms with E-state index < -0.39 is 12.1 Å². The first-order chi connectivity index (χ1) is 14.0. The molecule has 0 spiro atoms. The number of carboxylic acid groups (broad SMARTS) is 1. The lowest BCUT2D eigenvalue weighted by atomic mass is 9.85. The highest BCUT2D eigenvalue weighted by atomic mass is 16.5. The molecule has 1 amide bonds. The number of carboxylic acids is 1. The van der Waals surface area contributed by atoms with Crippen LogP contribution in [0.5, 0.6) is 5.75 Å². The minimum atomic E-state index is -0.820. The summed E-state index contributed by atoms with van der Waals surface area (Å²) in [7, 11) is 0. The van der Waals surface area contributed by atoms with E-state index in [0.717, 1.165) is 24.0 Å². The number of hydrogen-bond acceptors (Lipinski definition) is 4. The van der Waals surface area contributed by atoms with E-state index >= 15 is 0 Å². The van der Waals surface area contributed by atoms with Gasteiger partial charge in [-0.3, -0.25) is 14.5 Å². The summed E-state index contributed by atoms with van der Waals surface area (Å²) < 4.78 is 5.78. The zero-order valence-corrected chi connectivity index (χ0v) is 16.9. The molecule has 1 aliphatic carbocycles. The van der Waals surface area contributed by atoms with Gasteiger partial charge in [0.25, 0.3) is 5.91 Å². The van der Waals surface area contributed by atoms with Gasteiger partial charge in [0.15, 0.2) is 6.10 Å². The molecular weight excluding hydrogens is 368 g/mol. The molecule has 2 aromatic carbocycles. The Balaban J connectivity index is 1.46. The molecule has 154 valence electrons. The van der Waals surface area contributed by atoms with Crippen LogP contribution in [-0.4, -0.2) is 53.2 Å². The lowest BCUT2D eigenvalue weighted by Crippen LogP contribution is -2.56. The Morgan fingerprint density at radius 3 is 2.31 bits per heavy atom. The third kappa shape index (κ3) is 5.57. The Bertz CT molecular complexity index is 817. The van der Waals surface area contributed by atoms with E-state index in [0.29, 0.717) is 12.3 Å². The van der Waals surface area contributed by atoms with Gasteiger partial charge >= 0.3 is 5.97 Å². The first kappa shape index (κ1) is 20.9. The number of benzene rings is 2. The third-order valence-electron chi connectivity index (χ3n) is 5.36. The van der Waals surface area contributed by atoms with Crippen LogP contribution in [-0.2, 0) is 9.59 Å². The van der Waals surface area contributed by atoms with Gasteiger partial charge in [0.2, 0.25) is 0 Å². The summed E-state index contributed by atoms with van der Waals surface area (Å²) in [6.45, 7) is 4.42. The molecule has 0 bridgehead atoms. The summed E-state index contributed by atoms with van der Waals surface area (Å²) in [5.74, 6) is -0.320. The predicted molar refractivity (Wildman–Crippen MR) is 112 cm³/mol. The maximum atomic E-state index is 12.4. The zero-order valence-electron chi connectivity index (χ0n) is 16.9. The topological polar surface area (TPSA) is 78.9 Å². The van der Waals surface area contributed by atoms with Gasteiger partial charge in [-0.25, -0.2) is 0 Å². The molecule has 1 fully saturated rings. The molecule has 1 aliphatic rings. The maximum absolute atomic E-state index is 12.4. The molecule has 2 N–H and O–H groups in total. The van der Waals surface area contributed by atoms with E-state index in [1.807, 2.05) is 66.4 Å². The summed E-state index contributed by atoms with van der Waals surface area (Å²) in [5.41, 5.74) is 2.23. The smallest absolute Gasteiger partial charge is 0.317 e. The van der Waals surface area contributed by atoms with Crippen LogP contribution in [0.15, 0.2) is 54.6 Å². The Kier molecular flexibility index (Phi) is 6.88. The molecule has 0 saturated heterocycles. The van der Waals surface area contributed by atoms with Gasteiger partial charge in [-0.2, -0.15) is 0 Å². The minimum Gasteiger partial charge on any atom is -0.481 e. The zero-order chi connectivity index (χ0) is 20.8. The first-order valence-corrected chi connectivity index (χ1v) is 10.0. The van der Waals surface area contributed by atoms with Crippen molar-refractivity contribution in [1.82, 2.24) is 10.2 Å². The molecule has 0 heterocycles. The van der Waals surface area contributed by atoms with Gasteiger partial charge < -0.3 is 15.2 Å². The number of hydrogen-bond donors (Lipinski definition) is 2. The lowest BCUT2D eigenvalue weighted by Gasteiger charge is -2.42. The lowest BCUT2D eigenvalue weighted by molar-refractivity contribution is -0.140. The summed E-state index contributed by atoms with van der Waals surface area (Å²) in [6.07, 6.45) is 0.939. The third-order valence-corrected chi connectivity index (χ3v) is 5.36. The van der Waals surface area contributed by atoms with Gasteiger partial charge in [0, 0.05) is 12.1 Å². The van der Waals surface area contributed by atoms with E-state index in [9.17, 15) is 9.59 Å². The van der Waals surface area contributed by atoms with Crippen molar-refractivity contribution < 1.29 is 19.4 Å². The second kappa shape index (κ2) is 9.56. The normalized spacial score (nSPS) is 19.3. The second-order valence-corrected chi connectivity index (χ2v) is 7.44. The Hall–Kier alpha value is -2.86. The van der Waals surface area contributed by atoms with Crippen molar-refractivity contribution in [2.45, 2.75) is 44.9 Å². The Labute approximate surface area is 171 Å². The van der Waals surface area contributed by atoms with Crippen molar-refractivity contribution >= 4 is 11.9 Å². The summed E-state index contributed by atoms with van der Waals surface area (Å²) in [5, 5.41) is 12.0. The molecule has 6 nitrogen and oxygen atoms in total. The summed E-state index contributed by atoms with van der Waals surface area (Å²) in [6, 6.07) is 18.1. The molecule has 0 aromatic heterocycles. The molecule has 1 atom stereocenters. The predicted octanol–water partition coefficient (Wildman–Crippen LogP) is 3.17. The van der Waals surface area contributed by atoms with E-state index in [1.54, 1.807) is 6.92 Å². The maximum Gasteiger partial charge on any atom is 0.317 e. The van der Waals surface area contributed by atoms with Crippen LogP contribution < -0.4 is 10.1 Å². The number of nitrogens with zero attached hydrogens (tertiary/aromatic N) is 1. The first-order valence-electron chi connectivity index (χ1n) is 10.0. The van der Waals surface area contributed by atoms with Gasteiger partial charge in [-0.15, -0.1) is 0 Å². The summed E-state index contributed by atoms with van der Waals surface area (Å²) >= 11 is 0. The van der Waals surface area contributed by atoms with Crippen LogP contribution in [0.1, 0.15) is 26.7 Å². The highest BCUT2D eigenvalue weighted by Gasteiger charge is 2.35. The molecule has 6 heteroatoms. The number of ether oxygens (including phenoxy) is 1. The fourth-order valence-electron chi connectivity index (χ4n) is 3.61. The minimum absolute atomic E-state index is 0.0420. The van der Waals surface area contributed by atoms with Crippen LogP contribution in [0, 0.1) is 0 Å². The molecular formula is C23H28N2O4. The Morgan fingerprint density at radius 1 is 1.10 bits per heavy atom. The monoisotopic (exact) mass is 396 g/mol. The van der Waals surface area contributed by atoms with E-state index in [4.69, 9.17) is 9.84 Å². The van der Waals surface area contributed by atoms with Gasteiger partial charge in [-0.05, 0) is 49.6 Å². The highest BCUT2D eigenvalue weighted by Crippen LogP contribution is 2.26. The molecule has 3 rings (SSSR count). The van der Waals surface area contributed by atoms with Crippen LogP contribution in [0.3, 0.4) is 0 Å². The average molecular weight is 396 g/mol. The van der Waals surface area contributed by atoms with Crippen LogP contribution in [0.25, 0.3) is 11.1 Å². The molecule has 0 aliphatic heterocycles. The molecule has 1 saturated carbocycles. The number of aliphatic carboxylic acids is 1. The van der Waals surface area contributed by atoms with E-state index in [-0.39, 0.29) is 24.5 Å². The van der Waals surface area contributed by atoms with Crippen molar-refractivity contribution in [2.24, 2.45) is 0 Å². The Morgan fingerprint density at radius 2 is 1.72 bits per heavy atom. The number of nitrogens with one attached hydrogen (secondary N) is 1. The van der Waals surface area contributed by atoms with E-state index in [1.165, 1.54) is 0 Å². The van der Waals surface area contributed by atoms with Crippen molar-refractivity contribution in [3.8, 4) is 16.9 Å². The fourth-order valence-corrected chi connectivity index (χ4v) is 3.61. The largest absolute Gasteiger partial charge is 0.481 e. The average Bonchev–Trinajstić information content (AvgIpc) is 2.69. The van der Waals surface area contributed by atoms with Gasteiger partial charge in [0.1, 0.15) is 5.75 Å². The quantitative estimate of drug-likeness (QED) is 0.681. The van der Waals surface area contributed by atoms with Crippen molar-refractivity contribution in [1.29, 1.82) is 0 Å². The molecule has 2 aromatic rings.